The SMILES string of the molecule is CC(=O)c1cnc(-c2cnc3[nH]ccc3c2N[C@H]2C[C@@H](NS(=O)(=O)c3cccc(C#N)c3)C2)o1. The van der Waals surface area contributed by atoms with Crippen LogP contribution >= 0.6 is 0 Å². The number of nitriles is 1. The number of pyridine rings is 1. The molecule has 5 rings (SSSR count). The number of nitrogens with one attached hydrogen (secondary N) is 3. The first kappa shape index (κ1) is 21.8. The zero-order chi connectivity index (χ0) is 23.9. The van der Waals surface area contributed by atoms with Gasteiger partial charge in [0.15, 0.2) is 11.5 Å². The molecule has 1 fully saturated rings. The van der Waals surface area contributed by atoms with E-state index in [9.17, 15) is 13.2 Å². The number of hydrogen-bond donors (Lipinski definition) is 3. The third-order valence-electron chi connectivity index (χ3n) is 5.75. The Labute approximate surface area is 195 Å². The number of anilines is 1. The number of sulfonamides is 1. The molecule has 3 N–H and O–H groups in total. The predicted molar refractivity (Wildman–Crippen MR) is 124 cm³/mol. The lowest BCUT2D eigenvalue weighted by Crippen LogP contribution is -2.49. The van der Waals surface area contributed by atoms with Gasteiger partial charge in [0.1, 0.15) is 5.65 Å². The van der Waals surface area contributed by atoms with Crippen molar-refractivity contribution in [2.24, 2.45) is 0 Å². The van der Waals surface area contributed by atoms with Crippen molar-refractivity contribution in [1.82, 2.24) is 19.7 Å². The Morgan fingerprint density at radius 3 is 2.76 bits per heavy atom. The Kier molecular flexibility index (Phi) is 5.39. The minimum Gasteiger partial charge on any atom is -0.433 e. The lowest BCUT2D eigenvalue weighted by molar-refractivity contribution is 0.0988. The fraction of sp³-hybridized carbons (Fsp3) is 0.217. The van der Waals surface area contributed by atoms with Gasteiger partial charge in [-0.3, -0.25) is 4.79 Å². The van der Waals surface area contributed by atoms with Crippen LogP contribution in [0.25, 0.3) is 22.5 Å². The second-order valence-corrected chi connectivity index (χ2v) is 9.86. The molecule has 4 aromatic rings. The van der Waals surface area contributed by atoms with Gasteiger partial charge in [-0.2, -0.15) is 5.26 Å². The molecule has 1 saturated carbocycles. The van der Waals surface area contributed by atoms with Crippen molar-refractivity contribution in [2.45, 2.75) is 36.7 Å². The van der Waals surface area contributed by atoms with Gasteiger partial charge < -0.3 is 14.7 Å². The fourth-order valence-electron chi connectivity index (χ4n) is 3.94. The smallest absolute Gasteiger partial charge is 0.240 e. The fourth-order valence-corrected chi connectivity index (χ4v) is 5.25. The number of nitrogens with zero attached hydrogens (tertiary/aromatic N) is 3. The number of benzene rings is 1. The van der Waals surface area contributed by atoms with Gasteiger partial charge in [0.25, 0.3) is 0 Å². The number of aromatic amines is 1. The highest BCUT2D eigenvalue weighted by Crippen LogP contribution is 2.36. The molecule has 0 atom stereocenters. The number of rotatable bonds is 7. The van der Waals surface area contributed by atoms with Crippen molar-refractivity contribution in [3.05, 3.63) is 60.2 Å². The second-order valence-electron chi connectivity index (χ2n) is 8.14. The van der Waals surface area contributed by atoms with Crippen LogP contribution in [0.1, 0.15) is 35.9 Å². The highest BCUT2D eigenvalue weighted by Gasteiger charge is 2.34. The number of carbonyl (C=O) groups excluding carboxylic acids is 1. The van der Waals surface area contributed by atoms with Crippen LogP contribution in [0, 0.1) is 11.3 Å². The normalized spacial score (nSPS) is 17.8. The van der Waals surface area contributed by atoms with Gasteiger partial charge in [-0.15, -0.1) is 0 Å². The van der Waals surface area contributed by atoms with Crippen LogP contribution in [0.2, 0.25) is 0 Å². The van der Waals surface area contributed by atoms with E-state index in [1.54, 1.807) is 24.5 Å². The largest absolute Gasteiger partial charge is 0.433 e. The average Bonchev–Trinajstić information content (AvgIpc) is 3.47. The monoisotopic (exact) mass is 476 g/mol. The summed E-state index contributed by atoms with van der Waals surface area (Å²) in [5.74, 6) is 0.212. The standard InChI is InChI=1S/C23H20N6O4S/c1-13(30)20-12-27-23(33-20)19-11-26-22-18(5-6-25-22)21(19)28-15-8-16(9-15)29-34(31,32)17-4-2-3-14(7-17)10-24/h2-7,11-12,15-16,29H,8-9H2,1H3,(H2,25,26,28)/t15-,16+. The molecule has 3 heterocycles. The van der Waals surface area contributed by atoms with Gasteiger partial charge in [-0.05, 0) is 37.1 Å². The first-order valence-electron chi connectivity index (χ1n) is 10.6. The highest BCUT2D eigenvalue weighted by molar-refractivity contribution is 7.89. The van der Waals surface area contributed by atoms with Gasteiger partial charge >= 0.3 is 0 Å². The van der Waals surface area contributed by atoms with Gasteiger partial charge in [-0.1, -0.05) is 6.07 Å². The molecular formula is C23H20N6O4S. The maximum absolute atomic E-state index is 12.7. The third-order valence-corrected chi connectivity index (χ3v) is 7.27. The predicted octanol–water partition coefficient (Wildman–Crippen LogP) is 3.21. The molecule has 1 aliphatic rings. The molecule has 0 radical (unpaired) electrons. The molecule has 34 heavy (non-hydrogen) atoms. The van der Waals surface area contributed by atoms with Crippen LogP contribution in [0.4, 0.5) is 5.69 Å². The molecule has 172 valence electrons. The summed E-state index contributed by atoms with van der Waals surface area (Å²) >= 11 is 0. The molecule has 0 amide bonds. The molecule has 10 nitrogen and oxygen atoms in total. The molecule has 3 aromatic heterocycles. The summed E-state index contributed by atoms with van der Waals surface area (Å²) in [5.41, 5.74) is 2.32. The maximum atomic E-state index is 12.7. The van der Waals surface area contributed by atoms with Crippen molar-refractivity contribution in [3.8, 4) is 17.5 Å². The van der Waals surface area contributed by atoms with Crippen molar-refractivity contribution in [3.63, 3.8) is 0 Å². The van der Waals surface area contributed by atoms with Crippen molar-refractivity contribution in [2.75, 3.05) is 5.32 Å². The van der Waals surface area contributed by atoms with Gasteiger partial charge in [-0.25, -0.2) is 23.1 Å². The Morgan fingerprint density at radius 2 is 2.03 bits per heavy atom. The quantitative estimate of drug-likeness (QED) is 0.344. The molecule has 0 saturated heterocycles. The molecule has 0 unspecified atom stereocenters. The van der Waals surface area contributed by atoms with Crippen LogP contribution in [-0.2, 0) is 10.0 Å². The number of ketones is 1. The Morgan fingerprint density at radius 1 is 1.21 bits per heavy atom. The number of aromatic nitrogens is 3. The molecule has 0 bridgehead atoms. The van der Waals surface area contributed by atoms with E-state index >= 15 is 0 Å². The van der Waals surface area contributed by atoms with Crippen molar-refractivity contribution >= 4 is 32.5 Å². The van der Waals surface area contributed by atoms with E-state index in [0.29, 0.717) is 24.1 Å². The second kappa shape index (κ2) is 8.40. The summed E-state index contributed by atoms with van der Waals surface area (Å²) in [6.07, 6.45) is 5.91. The summed E-state index contributed by atoms with van der Waals surface area (Å²) in [6.45, 7) is 1.41. The first-order chi connectivity index (χ1) is 16.3. The van der Waals surface area contributed by atoms with E-state index in [1.165, 1.54) is 25.3 Å². The summed E-state index contributed by atoms with van der Waals surface area (Å²) < 4.78 is 33.7. The van der Waals surface area contributed by atoms with Crippen LogP contribution in [0.3, 0.4) is 0 Å². The number of H-pyrrole nitrogens is 1. The Bertz CT molecular complexity index is 1540. The van der Waals surface area contributed by atoms with E-state index < -0.39 is 10.0 Å². The minimum absolute atomic E-state index is 0.000340. The molecule has 1 aliphatic carbocycles. The van der Waals surface area contributed by atoms with Crippen LogP contribution < -0.4 is 10.0 Å². The lowest BCUT2D eigenvalue weighted by atomic mass is 9.87. The van der Waals surface area contributed by atoms with Gasteiger partial charge in [0, 0.05) is 36.8 Å². The van der Waals surface area contributed by atoms with E-state index in [1.807, 2.05) is 12.1 Å². The number of hydrogen-bond acceptors (Lipinski definition) is 8. The summed E-state index contributed by atoms with van der Waals surface area (Å²) in [4.78, 5) is 23.4. The number of carbonyl (C=O) groups is 1. The number of oxazole rings is 1. The molecule has 1 aromatic carbocycles. The Hall–Kier alpha value is -4.01. The maximum Gasteiger partial charge on any atom is 0.240 e. The summed E-state index contributed by atoms with van der Waals surface area (Å²) in [5, 5.41) is 13.3. The molecule has 0 aliphatic heterocycles. The third kappa shape index (κ3) is 4.05. The Balaban J connectivity index is 1.33. The lowest BCUT2D eigenvalue weighted by Gasteiger charge is -2.37. The zero-order valence-corrected chi connectivity index (χ0v) is 18.9. The highest BCUT2D eigenvalue weighted by atomic mass is 32.2. The minimum atomic E-state index is -3.73. The summed E-state index contributed by atoms with van der Waals surface area (Å²) in [6, 6.07) is 9.52. The molecule has 11 heteroatoms. The van der Waals surface area contributed by atoms with Gasteiger partial charge in [0.2, 0.25) is 15.9 Å². The van der Waals surface area contributed by atoms with E-state index in [0.717, 1.165) is 11.1 Å². The first-order valence-corrected chi connectivity index (χ1v) is 12.0. The average molecular weight is 477 g/mol. The van der Waals surface area contributed by atoms with Crippen LogP contribution in [-0.4, -0.2) is 41.2 Å². The topological polar surface area (TPSA) is 154 Å². The van der Waals surface area contributed by atoms with Crippen LogP contribution in [0.5, 0.6) is 0 Å². The van der Waals surface area contributed by atoms with E-state index in [2.05, 4.69) is 25.0 Å². The number of fused-ring (bicyclic) bond motifs is 1. The molecule has 0 spiro atoms. The van der Waals surface area contributed by atoms with E-state index in [-0.39, 0.29) is 40.0 Å². The van der Waals surface area contributed by atoms with E-state index in [4.69, 9.17) is 9.68 Å². The van der Waals surface area contributed by atoms with Crippen molar-refractivity contribution in [1.29, 1.82) is 5.26 Å². The zero-order valence-electron chi connectivity index (χ0n) is 18.1. The molecular weight excluding hydrogens is 456 g/mol. The van der Waals surface area contributed by atoms with Crippen molar-refractivity contribution < 1.29 is 17.6 Å². The van der Waals surface area contributed by atoms with Gasteiger partial charge in [0.05, 0.1) is 34.0 Å². The van der Waals surface area contributed by atoms with Crippen LogP contribution in [0.15, 0.2) is 58.2 Å². The summed E-state index contributed by atoms with van der Waals surface area (Å²) in [7, 11) is -3.73. The number of Topliss-reactive ketones (excluding diaryl/α,β-unsaturated/α-hetero) is 1.